The Kier molecular flexibility index (Phi) is 6.20. The van der Waals surface area contributed by atoms with Crippen molar-refractivity contribution in [2.45, 2.75) is 37.8 Å². The smallest absolute Gasteiger partial charge is 0.263 e. The van der Waals surface area contributed by atoms with E-state index in [0.29, 0.717) is 12.1 Å². The number of sulfonamides is 1. The lowest BCUT2D eigenvalue weighted by Crippen LogP contribution is -2.38. The van der Waals surface area contributed by atoms with Crippen LogP contribution < -0.4 is 10.0 Å². The molecule has 0 radical (unpaired) electrons. The Hall–Kier alpha value is -2.19. The Labute approximate surface area is 173 Å². The third-order valence-corrected chi connectivity index (χ3v) is 6.63. The molecule has 2 aromatic rings. The number of nitrogens with zero attached hydrogens (tertiary/aromatic N) is 1. The number of benzene rings is 2. The maximum Gasteiger partial charge on any atom is 0.263 e. The van der Waals surface area contributed by atoms with Crippen LogP contribution in [0.4, 0.5) is 0 Å². The van der Waals surface area contributed by atoms with E-state index in [1.54, 1.807) is 18.2 Å². The molecule has 2 atom stereocenters. The quantitative estimate of drug-likeness (QED) is 0.688. The van der Waals surface area contributed by atoms with Crippen LogP contribution in [0.15, 0.2) is 62.9 Å². The Morgan fingerprint density at radius 2 is 1.96 bits per heavy atom. The highest BCUT2D eigenvalue weighted by molar-refractivity contribution is 9.10. The number of carbonyl (C=O) groups excluding carboxylic acids is 1. The summed E-state index contributed by atoms with van der Waals surface area (Å²) >= 11 is 3.42. The van der Waals surface area contributed by atoms with Crippen LogP contribution in [0.2, 0.25) is 0 Å². The molecule has 6 nitrogen and oxygen atoms in total. The maximum atomic E-state index is 12.9. The van der Waals surface area contributed by atoms with Crippen molar-refractivity contribution in [2.75, 3.05) is 0 Å². The average molecular weight is 464 g/mol. The van der Waals surface area contributed by atoms with Gasteiger partial charge in [-0.1, -0.05) is 60.5 Å². The Morgan fingerprint density at radius 3 is 2.68 bits per heavy atom. The standard InChI is InChI=1S/C20H22BrN3O3S/c1-3-13(2)18(20(25)22-12-14-7-6-8-15(21)11-14)23-19-16-9-4-5-10-17(16)28(26,27)24-19/h4-11,13,18H,3,12H2,1-2H3,(H,22,25)(H,23,24)/t13-,18-/m0/s1. The molecule has 0 saturated carbocycles. The monoisotopic (exact) mass is 463 g/mol. The molecule has 0 unspecified atom stereocenters. The third kappa shape index (κ3) is 4.44. The van der Waals surface area contributed by atoms with E-state index in [1.807, 2.05) is 38.1 Å². The van der Waals surface area contributed by atoms with Crippen molar-refractivity contribution in [3.05, 3.63) is 64.1 Å². The first kappa shape index (κ1) is 20.5. The fourth-order valence-electron chi connectivity index (χ4n) is 2.98. The van der Waals surface area contributed by atoms with Crippen molar-refractivity contribution in [1.29, 1.82) is 0 Å². The van der Waals surface area contributed by atoms with Crippen LogP contribution in [0.1, 0.15) is 31.4 Å². The molecule has 1 heterocycles. The van der Waals surface area contributed by atoms with Crippen LogP contribution in [-0.2, 0) is 21.4 Å². The van der Waals surface area contributed by atoms with Crippen LogP contribution in [0.5, 0.6) is 0 Å². The second-order valence-corrected chi connectivity index (χ2v) is 9.32. The number of halogens is 1. The van der Waals surface area contributed by atoms with Gasteiger partial charge in [-0.15, -0.1) is 0 Å². The van der Waals surface area contributed by atoms with E-state index in [0.717, 1.165) is 16.5 Å². The molecule has 1 aliphatic rings. The van der Waals surface area contributed by atoms with Gasteiger partial charge in [-0.3, -0.25) is 14.5 Å². The lowest BCUT2D eigenvalue weighted by atomic mass is 9.98. The number of amides is 1. The van der Waals surface area contributed by atoms with Gasteiger partial charge in [-0.05, 0) is 35.7 Å². The summed E-state index contributed by atoms with van der Waals surface area (Å²) in [4.78, 5) is 17.6. The first-order valence-electron chi connectivity index (χ1n) is 9.04. The number of aliphatic imine (C=N–C) groups is 1. The molecule has 0 bridgehead atoms. The van der Waals surface area contributed by atoms with Crippen molar-refractivity contribution in [1.82, 2.24) is 10.0 Å². The van der Waals surface area contributed by atoms with Crippen molar-refractivity contribution in [3.8, 4) is 0 Å². The fraction of sp³-hybridized carbons (Fsp3) is 0.300. The number of hydrogen-bond donors (Lipinski definition) is 2. The van der Waals surface area contributed by atoms with Gasteiger partial charge in [0.1, 0.15) is 11.9 Å². The highest BCUT2D eigenvalue weighted by Gasteiger charge is 2.33. The Balaban J connectivity index is 1.85. The van der Waals surface area contributed by atoms with Gasteiger partial charge in [-0.25, -0.2) is 8.42 Å². The van der Waals surface area contributed by atoms with Crippen molar-refractivity contribution < 1.29 is 13.2 Å². The van der Waals surface area contributed by atoms with Crippen molar-refractivity contribution >= 4 is 37.7 Å². The predicted molar refractivity (Wildman–Crippen MR) is 113 cm³/mol. The highest BCUT2D eigenvalue weighted by Crippen LogP contribution is 2.24. The molecule has 0 saturated heterocycles. The summed E-state index contributed by atoms with van der Waals surface area (Å²) < 4.78 is 28.0. The molecular formula is C20H22BrN3O3S. The second-order valence-electron chi connectivity index (χ2n) is 6.76. The van der Waals surface area contributed by atoms with Crippen LogP contribution in [0, 0.1) is 5.92 Å². The van der Waals surface area contributed by atoms with E-state index in [4.69, 9.17) is 0 Å². The molecule has 2 N–H and O–H groups in total. The molecule has 2 aromatic carbocycles. The molecule has 3 rings (SSSR count). The van der Waals surface area contributed by atoms with Gasteiger partial charge in [-0.2, -0.15) is 0 Å². The predicted octanol–water partition coefficient (Wildman–Crippen LogP) is 3.22. The molecule has 28 heavy (non-hydrogen) atoms. The number of nitrogens with one attached hydrogen (secondary N) is 2. The molecule has 0 fully saturated rings. The van der Waals surface area contributed by atoms with E-state index in [-0.39, 0.29) is 22.6 Å². The molecule has 1 amide bonds. The molecule has 0 aromatic heterocycles. The van der Waals surface area contributed by atoms with E-state index in [9.17, 15) is 13.2 Å². The van der Waals surface area contributed by atoms with Gasteiger partial charge < -0.3 is 5.32 Å². The number of carbonyl (C=O) groups is 1. The first-order valence-corrected chi connectivity index (χ1v) is 11.3. The molecule has 8 heteroatoms. The normalized spacial score (nSPS) is 18.2. The second kappa shape index (κ2) is 8.45. The summed E-state index contributed by atoms with van der Waals surface area (Å²) in [6.45, 7) is 4.29. The molecular weight excluding hydrogens is 442 g/mol. The topological polar surface area (TPSA) is 87.6 Å². The number of fused-ring (bicyclic) bond motifs is 1. The molecule has 148 valence electrons. The minimum atomic E-state index is -3.64. The number of hydrogen-bond acceptors (Lipinski definition) is 4. The average Bonchev–Trinajstić information content (AvgIpc) is 2.94. The van der Waals surface area contributed by atoms with Gasteiger partial charge in [0, 0.05) is 16.6 Å². The van der Waals surface area contributed by atoms with E-state index < -0.39 is 16.1 Å². The summed E-state index contributed by atoms with van der Waals surface area (Å²) in [5, 5.41) is 2.92. The first-order chi connectivity index (χ1) is 13.3. The SMILES string of the molecule is CC[C@H](C)[C@H](N=C1NS(=O)(=O)c2ccccc21)C(=O)NCc1cccc(Br)c1. The van der Waals surface area contributed by atoms with Gasteiger partial charge in [0.2, 0.25) is 5.91 Å². The summed E-state index contributed by atoms with van der Waals surface area (Å²) in [6, 6.07) is 13.6. The lowest BCUT2D eigenvalue weighted by molar-refractivity contribution is -0.123. The van der Waals surface area contributed by atoms with E-state index in [2.05, 4.69) is 31.0 Å². The van der Waals surface area contributed by atoms with Gasteiger partial charge in [0.25, 0.3) is 10.0 Å². The Bertz CT molecular complexity index is 1020. The zero-order valence-corrected chi connectivity index (χ0v) is 18.0. The van der Waals surface area contributed by atoms with Crippen LogP contribution in [-0.4, -0.2) is 26.2 Å². The van der Waals surface area contributed by atoms with Crippen molar-refractivity contribution in [2.24, 2.45) is 10.9 Å². The minimum Gasteiger partial charge on any atom is -0.350 e. The van der Waals surface area contributed by atoms with Crippen LogP contribution in [0.3, 0.4) is 0 Å². The van der Waals surface area contributed by atoms with E-state index >= 15 is 0 Å². The maximum absolute atomic E-state index is 12.9. The summed E-state index contributed by atoms with van der Waals surface area (Å²) in [5.74, 6) is -0.0591. The van der Waals surface area contributed by atoms with Gasteiger partial charge >= 0.3 is 0 Å². The van der Waals surface area contributed by atoms with Crippen LogP contribution in [0.25, 0.3) is 0 Å². The number of rotatable bonds is 6. The van der Waals surface area contributed by atoms with E-state index in [1.165, 1.54) is 6.07 Å². The number of amidine groups is 1. The highest BCUT2D eigenvalue weighted by atomic mass is 79.9. The fourth-order valence-corrected chi connectivity index (χ4v) is 4.66. The summed E-state index contributed by atoms with van der Waals surface area (Å²) in [6.07, 6.45) is 0.736. The largest absolute Gasteiger partial charge is 0.350 e. The molecule has 1 aliphatic heterocycles. The lowest BCUT2D eigenvalue weighted by Gasteiger charge is -2.19. The summed E-state index contributed by atoms with van der Waals surface area (Å²) in [7, 11) is -3.64. The van der Waals surface area contributed by atoms with Gasteiger partial charge in [0.15, 0.2) is 0 Å². The third-order valence-electron chi connectivity index (χ3n) is 4.74. The van der Waals surface area contributed by atoms with Crippen molar-refractivity contribution in [3.63, 3.8) is 0 Å². The minimum absolute atomic E-state index is 0.0488. The van der Waals surface area contributed by atoms with Crippen LogP contribution >= 0.6 is 15.9 Å². The molecule has 0 aliphatic carbocycles. The summed E-state index contributed by atoms with van der Waals surface area (Å²) in [5.41, 5.74) is 1.46. The molecule has 0 spiro atoms. The Morgan fingerprint density at radius 1 is 1.21 bits per heavy atom. The zero-order chi connectivity index (χ0) is 20.3. The zero-order valence-electron chi connectivity index (χ0n) is 15.6. The van der Waals surface area contributed by atoms with Gasteiger partial charge in [0.05, 0.1) is 4.90 Å².